The zero-order valence-electron chi connectivity index (χ0n) is 21.6. The van der Waals surface area contributed by atoms with Gasteiger partial charge in [-0.15, -0.1) is 11.3 Å². The molecule has 0 spiro atoms. The summed E-state index contributed by atoms with van der Waals surface area (Å²) in [6.45, 7) is 8.34. The second kappa shape index (κ2) is 11.6. The van der Waals surface area contributed by atoms with Crippen LogP contribution in [0.2, 0.25) is 0 Å². The maximum absolute atomic E-state index is 13.3. The third-order valence-electron chi connectivity index (χ3n) is 6.44. The average Bonchev–Trinajstić information content (AvgIpc) is 3.61. The van der Waals surface area contributed by atoms with E-state index in [2.05, 4.69) is 50.4 Å². The van der Waals surface area contributed by atoms with Crippen molar-refractivity contribution in [1.82, 2.24) is 30.0 Å². The van der Waals surface area contributed by atoms with Gasteiger partial charge in [-0.3, -0.25) is 9.89 Å². The molecule has 2 N–H and O–H groups in total. The molecular formula is C26H34N6O3S2. The fraction of sp³-hybridized carbons (Fsp3) is 0.462. The third kappa shape index (κ3) is 6.27. The van der Waals surface area contributed by atoms with Crippen LogP contribution in [0.15, 0.2) is 47.2 Å². The molecule has 9 nitrogen and oxygen atoms in total. The molecule has 0 bridgehead atoms. The molecule has 37 heavy (non-hydrogen) atoms. The molecule has 3 heterocycles. The Balaban J connectivity index is 1.62. The van der Waals surface area contributed by atoms with Crippen LogP contribution in [0.1, 0.15) is 74.1 Å². The van der Waals surface area contributed by atoms with Gasteiger partial charge in [-0.05, 0) is 54.8 Å². The molecule has 1 unspecified atom stereocenters. The van der Waals surface area contributed by atoms with Gasteiger partial charge in [0.1, 0.15) is 12.2 Å². The van der Waals surface area contributed by atoms with Gasteiger partial charge in [0.05, 0.1) is 16.8 Å². The number of H-pyrrole nitrogens is 1. The first-order valence-corrected chi connectivity index (χ1v) is 15.2. The molecule has 198 valence electrons. The maximum atomic E-state index is 13.3. The highest BCUT2D eigenvalue weighted by atomic mass is 32.2. The fourth-order valence-corrected chi connectivity index (χ4v) is 6.75. The number of hydrogen-bond acceptors (Lipinski definition) is 7. The van der Waals surface area contributed by atoms with E-state index in [0.717, 1.165) is 42.4 Å². The standard InChI is InChI=1S/C26H34N6O3S2/c1-5-20(6-2)32-23-10-9-18(13-22(23)30-24(32)14-21-8-7-11-36-21)25(33)29-19(12-17(3)4)15-37(34,35)26-27-16-28-31-26/h7-11,13,16-17,19-20H,5-6,12,14-15H2,1-4H3,(H,29,33)(H,27,28,31). The minimum Gasteiger partial charge on any atom is -0.348 e. The lowest BCUT2D eigenvalue weighted by molar-refractivity contribution is 0.0937. The number of carbonyl (C=O) groups excluding carboxylic acids is 1. The number of imidazole rings is 1. The molecule has 0 radical (unpaired) electrons. The van der Waals surface area contributed by atoms with Crippen LogP contribution in [0.3, 0.4) is 0 Å². The summed E-state index contributed by atoms with van der Waals surface area (Å²) in [6.07, 6.45) is 4.37. The first-order chi connectivity index (χ1) is 17.7. The largest absolute Gasteiger partial charge is 0.348 e. The van der Waals surface area contributed by atoms with Gasteiger partial charge in [0.2, 0.25) is 15.0 Å². The predicted molar refractivity (Wildman–Crippen MR) is 146 cm³/mol. The predicted octanol–water partition coefficient (Wildman–Crippen LogP) is 4.79. The Morgan fingerprint density at radius 1 is 1.19 bits per heavy atom. The Morgan fingerprint density at radius 2 is 1.97 bits per heavy atom. The topological polar surface area (TPSA) is 123 Å². The van der Waals surface area contributed by atoms with E-state index in [-0.39, 0.29) is 22.7 Å². The Kier molecular flexibility index (Phi) is 8.43. The lowest BCUT2D eigenvalue weighted by Crippen LogP contribution is -2.41. The maximum Gasteiger partial charge on any atom is 0.251 e. The normalized spacial score (nSPS) is 13.0. The summed E-state index contributed by atoms with van der Waals surface area (Å²) in [5.74, 6) is 0.591. The first kappa shape index (κ1) is 27.0. The average molecular weight is 543 g/mol. The van der Waals surface area contributed by atoms with Gasteiger partial charge >= 0.3 is 0 Å². The number of benzene rings is 1. The number of carbonyl (C=O) groups is 1. The van der Waals surface area contributed by atoms with Crippen LogP contribution < -0.4 is 5.32 Å². The number of amides is 1. The van der Waals surface area contributed by atoms with Crippen molar-refractivity contribution in [2.45, 2.75) is 70.6 Å². The van der Waals surface area contributed by atoms with E-state index in [0.29, 0.717) is 18.0 Å². The molecule has 0 fully saturated rings. The zero-order chi connectivity index (χ0) is 26.6. The molecule has 0 saturated heterocycles. The summed E-state index contributed by atoms with van der Waals surface area (Å²) in [5.41, 5.74) is 2.22. The van der Waals surface area contributed by atoms with E-state index in [4.69, 9.17) is 4.98 Å². The van der Waals surface area contributed by atoms with Gasteiger partial charge in [-0.2, -0.15) is 5.10 Å². The second-order valence-corrected chi connectivity index (χ2v) is 12.7. The van der Waals surface area contributed by atoms with Gasteiger partial charge < -0.3 is 9.88 Å². The first-order valence-electron chi connectivity index (χ1n) is 12.6. The molecule has 4 rings (SSSR count). The number of sulfone groups is 1. The van der Waals surface area contributed by atoms with Crippen molar-refractivity contribution < 1.29 is 13.2 Å². The lowest BCUT2D eigenvalue weighted by Gasteiger charge is -2.20. The monoisotopic (exact) mass is 542 g/mol. The molecule has 0 saturated carbocycles. The van der Waals surface area contributed by atoms with Crippen molar-refractivity contribution in [3.8, 4) is 0 Å². The van der Waals surface area contributed by atoms with Crippen molar-refractivity contribution in [2.75, 3.05) is 5.75 Å². The van der Waals surface area contributed by atoms with Crippen molar-refractivity contribution in [2.24, 2.45) is 5.92 Å². The Hall–Kier alpha value is -3.05. The van der Waals surface area contributed by atoms with E-state index in [1.54, 1.807) is 23.5 Å². The molecule has 11 heteroatoms. The van der Waals surface area contributed by atoms with E-state index >= 15 is 0 Å². The molecule has 4 aromatic rings. The molecule has 1 aromatic carbocycles. The molecule has 3 aromatic heterocycles. The van der Waals surface area contributed by atoms with Crippen LogP contribution in [0.5, 0.6) is 0 Å². The number of fused-ring (bicyclic) bond motifs is 1. The SMILES string of the molecule is CCC(CC)n1c(Cc2cccs2)nc2cc(C(=O)NC(CC(C)C)CS(=O)(=O)c3ncn[nH]3)ccc21. The van der Waals surface area contributed by atoms with Crippen LogP contribution >= 0.6 is 11.3 Å². The Bertz CT molecular complexity index is 1420. The van der Waals surface area contributed by atoms with E-state index in [9.17, 15) is 13.2 Å². The molecule has 0 aliphatic heterocycles. The quantitative estimate of drug-likeness (QED) is 0.265. The molecule has 0 aliphatic carbocycles. The van der Waals surface area contributed by atoms with Gasteiger partial charge in [0, 0.05) is 28.9 Å². The van der Waals surface area contributed by atoms with Crippen LogP contribution in [0.4, 0.5) is 0 Å². The smallest absolute Gasteiger partial charge is 0.251 e. The summed E-state index contributed by atoms with van der Waals surface area (Å²) < 4.78 is 27.9. The highest BCUT2D eigenvalue weighted by molar-refractivity contribution is 7.91. The number of aromatic nitrogens is 5. The van der Waals surface area contributed by atoms with Gasteiger partial charge in [0.25, 0.3) is 5.91 Å². The molecule has 0 aliphatic rings. The van der Waals surface area contributed by atoms with E-state index in [1.165, 1.54) is 4.88 Å². The Labute approximate surface area is 221 Å². The van der Waals surface area contributed by atoms with Crippen LogP contribution in [-0.2, 0) is 16.3 Å². The number of rotatable bonds is 12. The second-order valence-electron chi connectivity index (χ2n) is 9.70. The van der Waals surface area contributed by atoms with Crippen LogP contribution in [0.25, 0.3) is 11.0 Å². The van der Waals surface area contributed by atoms with Crippen molar-refractivity contribution in [3.05, 3.63) is 58.3 Å². The number of nitrogens with one attached hydrogen (secondary N) is 2. The Morgan fingerprint density at radius 3 is 2.59 bits per heavy atom. The lowest BCUT2D eigenvalue weighted by atomic mass is 10.0. The van der Waals surface area contributed by atoms with Gasteiger partial charge in [0.15, 0.2) is 0 Å². The summed E-state index contributed by atoms with van der Waals surface area (Å²) in [4.78, 5) is 23.2. The summed E-state index contributed by atoms with van der Waals surface area (Å²) in [7, 11) is -3.73. The van der Waals surface area contributed by atoms with Gasteiger partial charge in [-0.1, -0.05) is 33.8 Å². The minimum atomic E-state index is -3.73. The molecule has 1 amide bonds. The van der Waals surface area contributed by atoms with Crippen molar-refractivity contribution in [1.29, 1.82) is 0 Å². The van der Waals surface area contributed by atoms with Crippen molar-refractivity contribution in [3.63, 3.8) is 0 Å². The van der Waals surface area contributed by atoms with Crippen LogP contribution in [-0.4, -0.2) is 50.9 Å². The number of hydrogen-bond donors (Lipinski definition) is 2. The molecular weight excluding hydrogens is 508 g/mol. The summed E-state index contributed by atoms with van der Waals surface area (Å²) in [6, 6.07) is 9.45. The van der Waals surface area contributed by atoms with Gasteiger partial charge in [-0.25, -0.2) is 18.4 Å². The highest BCUT2D eigenvalue weighted by Gasteiger charge is 2.26. The van der Waals surface area contributed by atoms with Crippen molar-refractivity contribution >= 4 is 38.1 Å². The summed E-state index contributed by atoms with van der Waals surface area (Å²) in [5, 5.41) is 10.9. The minimum absolute atomic E-state index is 0.188. The van der Waals surface area contributed by atoms with E-state index in [1.807, 2.05) is 26.0 Å². The number of nitrogens with zero attached hydrogens (tertiary/aromatic N) is 4. The fourth-order valence-electron chi connectivity index (χ4n) is 4.74. The number of aromatic amines is 1. The van der Waals surface area contributed by atoms with E-state index < -0.39 is 15.9 Å². The summed E-state index contributed by atoms with van der Waals surface area (Å²) >= 11 is 1.71. The third-order valence-corrected chi connectivity index (χ3v) is 8.95. The highest BCUT2D eigenvalue weighted by Crippen LogP contribution is 2.28. The molecule has 1 atom stereocenters. The number of thiophene rings is 1. The van der Waals surface area contributed by atoms with Crippen LogP contribution in [0, 0.1) is 5.92 Å². The zero-order valence-corrected chi connectivity index (χ0v) is 23.3.